The zero-order valence-electron chi connectivity index (χ0n) is 19.9. The van der Waals surface area contributed by atoms with Crippen molar-refractivity contribution in [3.63, 3.8) is 0 Å². The van der Waals surface area contributed by atoms with Gasteiger partial charge >= 0.3 is 0 Å². The molecule has 1 aliphatic heterocycles. The maximum atomic E-state index is 14.8. The lowest BCUT2D eigenvalue weighted by Crippen LogP contribution is -2.43. The molecule has 7 nitrogen and oxygen atoms in total. The Kier molecular flexibility index (Phi) is 7.58. The van der Waals surface area contributed by atoms with E-state index in [1.165, 1.54) is 18.9 Å². The fourth-order valence-corrected chi connectivity index (χ4v) is 4.09. The highest BCUT2D eigenvalue weighted by atomic mass is 19.1. The lowest BCUT2D eigenvalue weighted by molar-refractivity contribution is 0.411. The van der Waals surface area contributed by atoms with Gasteiger partial charge in [0.2, 0.25) is 0 Å². The summed E-state index contributed by atoms with van der Waals surface area (Å²) in [6, 6.07) is 15.3. The number of nitrogens with one attached hydrogen (secondary N) is 2. The van der Waals surface area contributed by atoms with Crippen LogP contribution in [0.3, 0.4) is 0 Å². The Balaban J connectivity index is 1.62. The first-order chi connectivity index (χ1) is 17.0. The molecule has 0 bridgehead atoms. The van der Waals surface area contributed by atoms with Gasteiger partial charge in [0.25, 0.3) is 0 Å². The molecular formula is C27H29FN6O. The quantitative estimate of drug-likeness (QED) is 0.492. The third-order valence-electron chi connectivity index (χ3n) is 6.23. The Hall–Kier alpha value is -3.96. The highest BCUT2D eigenvalue weighted by molar-refractivity contribution is 5.92. The lowest BCUT2D eigenvalue weighted by Gasteiger charge is -2.29. The van der Waals surface area contributed by atoms with E-state index in [4.69, 9.17) is 4.74 Å². The number of aromatic nitrogens is 2. The van der Waals surface area contributed by atoms with Crippen LogP contribution in [0.2, 0.25) is 0 Å². The monoisotopic (exact) mass is 472 g/mol. The molecule has 180 valence electrons. The first-order valence-electron chi connectivity index (χ1n) is 11.5. The SMILES string of the molecule is C=c1[nH]nc(N=C(Cc2ccc(OC)cc2F)C(C#N)Cc2ccc(N3CCNCC3)cc2)c1=C. The van der Waals surface area contributed by atoms with Crippen molar-refractivity contribution < 1.29 is 9.13 Å². The number of benzene rings is 2. The Morgan fingerprint density at radius 1 is 1.23 bits per heavy atom. The van der Waals surface area contributed by atoms with Crippen molar-refractivity contribution in [2.45, 2.75) is 12.8 Å². The molecule has 8 heteroatoms. The molecule has 1 aromatic heterocycles. The van der Waals surface area contributed by atoms with Crippen LogP contribution >= 0.6 is 0 Å². The number of hydrogen-bond acceptors (Lipinski definition) is 6. The lowest BCUT2D eigenvalue weighted by atomic mass is 9.91. The second-order valence-corrected chi connectivity index (χ2v) is 8.53. The van der Waals surface area contributed by atoms with Crippen LogP contribution in [0.5, 0.6) is 5.75 Å². The van der Waals surface area contributed by atoms with E-state index in [1.807, 2.05) is 12.1 Å². The van der Waals surface area contributed by atoms with Crippen LogP contribution in [0.1, 0.15) is 11.1 Å². The predicted octanol–water partition coefficient (Wildman–Crippen LogP) is 2.49. The number of rotatable bonds is 8. The van der Waals surface area contributed by atoms with Crippen LogP contribution in [0.4, 0.5) is 15.9 Å². The van der Waals surface area contributed by atoms with E-state index in [0.29, 0.717) is 39.8 Å². The Bertz CT molecular complexity index is 1340. The van der Waals surface area contributed by atoms with Crippen LogP contribution in [-0.4, -0.2) is 49.2 Å². The summed E-state index contributed by atoms with van der Waals surface area (Å²) in [7, 11) is 1.49. The number of aromatic amines is 1. The van der Waals surface area contributed by atoms with Crippen molar-refractivity contribution in [1.29, 1.82) is 5.26 Å². The topological polar surface area (TPSA) is 89.3 Å². The molecule has 1 aliphatic rings. The first-order valence-corrected chi connectivity index (χ1v) is 11.5. The number of anilines is 1. The average Bonchev–Trinajstić information content (AvgIpc) is 3.21. The molecule has 2 aromatic carbocycles. The molecule has 35 heavy (non-hydrogen) atoms. The molecule has 0 aliphatic carbocycles. The first kappa shape index (κ1) is 24.2. The maximum Gasteiger partial charge on any atom is 0.180 e. The van der Waals surface area contributed by atoms with Gasteiger partial charge in [0, 0.05) is 55.3 Å². The number of nitriles is 1. The number of piperazine rings is 1. The van der Waals surface area contributed by atoms with Crippen molar-refractivity contribution in [1.82, 2.24) is 15.5 Å². The number of hydrogen-bond donors (Lipinski definition) is 2. The minimum Gasteiger partial charge on any atom is -0.497 e. The van der Waals surface area contributed by atoms with Gasteiger partial charge in [0.05, 0.1) is 24.4 Å². The highest BCUT2D eigenvalue weighted by Gasteiger charge is 2.20. The van der Waals surface area contributed by atoms with Crippen molar-refractivity contribution >= 4 is 30.4 Å². The van der Waals surface area contributed by atoms with Gasteiger partial charge in [0.15, 0.2) is 5.82 Å². The predicted molar refractivity (Wildman–Crippen MR) is 137 cm³/mol. The fraction of sp³-hybridized carbons (Fsp3) is 0.296. The molecule has 4 rings (SSSR count). The summed E-state index contributed by atoms with van der Waals surface area (Å²) in [4.78, 5) is 6.99. The van der Waals surface area contributed by atoms with E-state index in [9.17, 15) is 9.65 Å². The van der Waals surface area contributed by atoms with E-state index in [-0.39, 0.29) is 6.42 Å². The highest BCUT2D eigenvalue weighted by Crippen LogP contribution is 2.22. The van der Waals surface area contributed by atoms with Gasteiger partial charge in [0.1, 0.15) is 11.6 Å². The Labute approximate surface area is 204 Å². The Morgan fingerprint density at radius 2 is 1.97 bits per heavy atom. The van der Waals surface area contributed by atoms with Crippen LogP contribution in [0.25, 0.3) is 13.2 Å². The second kappa shape index (κ2) is 11.0. The number of nitrogens with zero attached hydrogens (tertiary/aromatic N) is 4. The summed E-state index contributed by atoms with van der Waals surface area (Å²) >= 11 is 0. The normalized spacial score (nSPS) is 15.0. The van der Waals surface area contributed by atoms with Gasteiger partial charge in [-0.25, -0.2) is 9.38 Å². The summed E-state index contributed by atoms with van der Waals surface area (Å²) < 4.78 is 19.9. The molecule has 3 aromatic rings. The van der Waals surface area contributed by atoms with Crippen LogP contribution in [0.15, 0.2) is 47.5 Å². The largest absolute Gasteiger partial charge is 0.497 e. The Morgan fingerprint density at radius 3 is 2.57 bits per heavy atom. The minimum absolute atomic E-state index is 0.158. The van der Waals surface area contributed by atoms with Gasteiger partial charge in [-0.15, -0.1) is 0 Å². The third-order valence-corrected chi connectivity index (χ3v) is 6.23. The van der Waals surface area contributed by atoms with Crippen LogP contribution in [0, 0.1) is 23.1 Å². The number of ether oxygens (including phenoxy) is 1. The van der Waals surface area contributed by atoms with E-state index >= 15 is 0 Å². The van der Waals surface area contributed by atoms with E-state index in [1.54, 1.807) is 12.1 Å². The maximum absolute atomic E-state index is 14.8. The molecule has 0 spiro atoms. The average molecular weight is 473 g/mol. The molecule has 1 atom stereocenters. The summed E-state index contributed by atoms with van der Waals surface area (Å²) in [5, 5.41) is 21.5. The summed E-state index contributed by atoms with van der Waals surface area (Å²) in [6.45, 7) is 11.7. The minimum atomic E-state index is -0.578. The van der Waals surface area contributed by atoms with E-state index in [0.717, 1.165) is 31.7 Å². The van der Waals surface area contributed by atoms with Gasteiger partial charge in [-0.2, -0.15) is 10.4 Å². The smallest absolute Gasteiger partial charge is 0.180 e. The molecule has 2 N–H and O–H groups in total. The van der Waals surface area contributed by atoms with Gasteiger partial charge in [-0.1, -0.05) is 31.4 Å². The molecule has 0 saturated carbocycles. The number of H-pyrrole nitrogens is 1. The molecule has 0 radical (unpaired) electrons. The van der Waals surface area contributed by atoms with Crippen molar-refractivity contribution in [3.05, 3.63) is 70.0 Å². The molecule has 1 unspecified atom stereocenters. The molecular weight excluding hydrogens is 443 g/mol. The van der Waals surface area contributed by atoms with Crippen molar-refractivity contribution in [3.8, 4) is 11.8 Å². The molecule has 0 amide bonds. The van der Waals surface area contributed by atoms with Gasteiger partial charge in [-0.05, 0) is 35.7 Å². The molecule has 2 heterocycles. The van der Waals surface area contributed by atoms with E-state index in [2.05, 4.69) is 56.8 Å². The van der Waals surface area contributed by atoms with Crippen LogP contribution < -0.4 is 25.5 Å². The number of aliphatic imine (C=N–C) groups is 1. The summed E-state index contributed by atoms with van der Waals surface area (Å²) in [5.74, 6) is -0.205. The summed E-state index contributed by atoms with van der Waals surface area (Å²) in [6.07, 6.45) is 0.606. The van der Waals surface area contributed by atoms with E-state index < -0.39 is 11.7 Å². The fourth-order valence-electron chi connectivity index (χ4n) is 4.09. The third kappa shape index (κ3) is 5.76. The number of halogens is 1. The van der Waals surface area contributed by atoms with Crippen molar-refractivity contribution in [2.24, 2.45) is 10.9 Å². The molecule has 1 fully saturated rings. The van der Waals surface area contributed by atoms with Crippen molar-refractivity contribution in [2.75, 3.05) is 38.2 Å². The molecule has 1 saturated heterocycles. The zero-order chi connectivity index (χ0) is 24.8. The van der Waals surface area contributed by atoms with Gasteiger partial charge < -0.3 is 15.0 Å². The standard InChI is InChI=1S/C27H29FN6O/c1-18-19(2)32-33-27(18)31-26(15-21-6-9-24(35-3)16-25(21)28)22(17-29)14-20-4-7-23(8-5-20)34-12-10-30-11-13-34/h4-9,16,22,30,32H,1-2,10-15H2,3H3. The zero-order valence-corrected chi connectivity index (χ0v) is 19.9. The van der Waals surface area contributed by atoms with Gasteiger partial charge in [-0.3, -0.25) is 5.10 Å². The number of methoxy groups -OCH3 is 1. The second-order valence-electron chi connectivity index (χ2n) is 8.53. The summed E-state index contributed by atoms with van der Waals surface area (Å²) in [5.41, 5.74) is 3.11. The van der Waals surface area contributed by atoms with Crippen LogP contribution in [-0.2, 0) is 12.8 Å².